The quantitative estimate of drug-likeness (QED) is 0.210. The van der Waals surface area contributed by atoms with Gasteiger partial charge in [-0.3, -0.25) is 0 Å². The molecule has 0 spiro atoms. The van der Waals surface area contributed by atoms with Gasteiger partial charge in [0.15, 0.2) is 5.58 Å². The summed E-state index contributed by atoms with van der Waals surface area (Å²) in [6.45, 7) is 0. The molecule has 0 aliphatic carbocycles. The number of hydrogen-bond donors (Lipinski definition) is 0. The van der Waals surface area contributed by atoms with Gasteiger partial charge in [-0.15, -0.1) is 0 Å². The van der Waals surface area contributed by atoms with Crippen LogP contribution in [0.15, 0.2) is 150 Å². The second-order valence-electron chi connectivity index (χ2n) is 11.5. The summed E-state index contributed by atoms with van der Waals surface area (Å²) in [7, 11) is 0. The van der Waals surface area contributed by atoms with Crippen molar-refractivity contribution in [1.82, 2.24) is 19.1 Å². The van der Waals surface area contributed by atoms with E-state index in [0.717, 1.165) is 39.1 Å². The van der Waals surface area contributed by atoms with Crippen molar-refractivity contribution >= 4 is 65.7 Å². The lowest BCUT2D eigenvalue weighted by molar-refractivity contribution is 0.667. The second kappa shape index (κ2) is 9.15. The van der Waals surface area contributed by atoms with Crippen LogP contribution in [-0.4, -0.2) is 19.1 Å². The minimum Gasteiger partial charge on any atom is -0.452 e. The number of aromatic nitrogens is 4. The maximum Gasteiger partial charge on any atom is 0.180 e. The second-order valence-corrected chi connectivity index (χ2v) is 11.5. The van der Waals surface area contributed by atoms with Crippen molar-refractivity contribution in [3.05, 3.63) is 146 Å². The smallest absolute Gasteiger partial charge is 0.180 e. The van der Waals surface area contributed by atoms with E-state index < -0.39 is 0 Å². The molecule has 0 bridgehead atoms. The van der Waals surface area contributed by atoms with E-state index in [1.807, 2.05) is 6.07 Å². The Morgan fingerprint density at radius 2 is 0.978 bits per heavy atom. The number of furan rings is 1. The molecule has 10 aromatic rings. The van der Waals surface area contributed by atoms with Crippen molar-refractivity contribution in [1.29, 1.82) is 0 Å². The fourth-order valence-corrected chi connectivity index (χ4v) is 7.10. The SMILES string of the molecule is c1cc(-c2ncnc3c2oc2ccc(-n4c5ccccc5c5ccccc54)cc23)cc(-n2c3ccccc3c3ccccc32)c1. The third kappa shape index (κ3) is 3.43. The first-order valence-electron chi connectivity index (χ1n) is 15.1. The normalized spacial score (nSPS) is 12.0. The molecule has 0 fully saturated rings. The van der Waals surface area contributed by atoms with E-state index in [0.29, 0.717) is 5.58 Å². The molecule has 5 nitrogen and oxygen atoms in total. The van der Waals surface area contributed by atoms with Gasteiger partial charge in [0, 0.05) is 43.9 Å². The van der Waals surface area contributed by atoms with Gasteiger partial charge >= 0.3 is 0 Å². The van der Waals surface area contributed by atoms with E-state index >= 15 is 0 Å². The van der Waals surface area contributed by atoms with Gasteiger partial charge in [-0.05, 0) is 54.6 Å². The van der Waals surface area contributed by atoms with Gasteiger partial charge in [-0.2, -0.15) is 0 Å². The summed E-state index contributed by atoms with van der Waals surface area (Å²) >= 11 is 0. The Labute approximate surface area is 257 Å². The molecule has 5 heteroatoms. The first-order valence-corrected chi connectivity index (χ1v) is 15.1. The first-order chi connectivity index (χ1) is 22.3. The van der Waals surface area contributed by atoms with Crippen molar-refractivity contribution in [3.63, 3.8) is 0 Å². The largest absolute Gasteiger partial charge is 0.452 e. The maximum absolute atomic E-state index is 6.52. The average Bonchev–Trinajstić information content (AvgIpc) is 3.76. The van der Waals surface area contributed by atoms with E-state index in [1.165, 1.54) is 43.6 Å². The Hall–Kier alpha value is -6.20. The van der Waals surface area contributed by atoms with Crippen LogP contribution in [-0.2, 0) is 0 Å². The Morgan fingerprint density at radius 1 is 0.444 bits per heavy atom. The summed E-state index contributed by atoms with van der Waals surface area (Å²) in [5, 5.41) is 5.90. The monoisotopic (exact) mass is 576 g/mol. The zero-order chi connectivity index (χ0) is 29.5. The lowest BCUT2D eigenvalue weighted by Gasteiger charge is -2.10. The molecule has 4 aromatic heterocycles. The number of fused-ring (bicyclic) bond motifs is 9. The zero-order valence-electron chi connectivity index (χ0n) is 24.1. The van der Waals surface area contributed by atoms with Gasteiger partial charge in [0.25, 0.3) is 0 Å². The predicted octanol–water partition coefficient (Wildman–Crippen LogP) is 10.2. The average molecular weight is 577 g/mol. The van der Waals surface area contributed by atoms with Crippen LogP contribution in [0.25, 0.3) is 88.3 Å². The molecule has 0 aliphatic rings. The van der Waals surface area contributed by atoms with Crippen molar-refractivity contribution in [3.8, 4) is 22.6 Å². The molecular weight excluding hydrogens is 552 g/mol. The minimum atomic E-state index is 0.686. The molecule has 0 unspecified atom stereocenters. The van der Waals surface area contributed by atoms with E-state index in [1.54, 1.807) is 6.33 Å². The predicted molar refractivity (Wildman–Crippen MR) is 183 cm³/mol. The van der Waals surface area contributed by atoms with E-state index in [4.69, 9.17) is 14.4 Å². The number of benzene rings is 6. The summed E-state index contributed by atoms with van der Waals surface area (Å²) in [5.74, 6) is 0. The van der Waals surface area contributed by atoms with Crippen LogP contribution < -0.4 is 0 Å². The van der Waals surface area contributed by atoms with Crippen LogP contribution in [0.4, 0.5) is 0 Å². The molecule has 210 valence electrons. The van der Waals surface area contributed by atoms with Crippen LogP contribution in [0.3, 0.4) is 0 Å². The van der Waals surface area contributed by atoms with E-state index in [-0.39, 0.29) is 0 Å². The van der Waals surface area contributed by atoms with Crippen molar-refractivity contribution in [2.75, 3.05) is 0 Å². The standard InChI is InChI=1S/C40H24N4O/c1-5-16-33-28(12-1)29-13-2-6-17-34(29)43(33)26-11-9-10-25(22-26)38-40-39(42-24-41-38)32-23-27(20-21-37(32)45-40)44-35-18-7-3-14-30(35)31-15-4-8-19-36(31)44/h1-24H. The van der Waals surface area contributed by atoms with Crippen LogP contribution in [0, 0.1) is 0 Å². The molecule has 0 saturated heterocycles. The lowest BCUT2D eigenvalue weighted by Crippen LogP contribution is -1.95. The molecule has 0 saturated carbocycles. The molecule has 6 aromatic carbocycles. The van der Waals surface area contributed by atoms with Gasteiger partial charge in [-0.25, -0.2) is 9.97 Å². The first kappa shape index (κ1) is 24.3. The molecule has 0 amide bonds. The highest BCUT2D eigenvalue weighted by atomic mass is 16.3. The highest BCUT2D eigenvalue weighted by Gasteiger charge is 2.19. The molecule has 0 aliphatic heterocycles. The number of hydrogen-bond acceptors (Lipinski definition) is 3. The summed E-state index contributed by atoms with van der Waals surface area (Å²) in [6.07, 6.45) is 1.65. The fourth-order valence-electron chi connectivity index (χ4n) is 7.10. The molecule has 45 heavy (non-hydrogen) atoms. The molecule has 4 heterocycles. The summed E-state index contributed by atoms with van der Waals surface area (Å²) < 4.78 is 11.2. The van der Waals surface area contributed by atoms with Gasteiger partial charge in [0.05, 0.1) is 22.1 Å². The van der Waals surface area contributed by atoms with Crippen LogP contribution in [0.1, 0.15) is 0 Å². The lowest BCUT2D eigenvalue weighted by atomic mass is 10.1. The Balaban J connectivity index is 1.17. The number of rotatable bonds is 3. The highest BCUT2D eigenvalue weighted by Crippen LogP contribution is 2.38. The third-order valence-corrected chi connectivity index (χ3v) is 9.03. The van der Waals surface area contributed by atoms with Gasteiger partial charge in [0.2, 0.25) is 0 Å². The Morgan fingerprint density at radius 3 is 1.56 bits per heavy atom. The maximum atomic E-state index is 6.52. The van der Waals surface area contributed by atoms with Crippen LogP contribution in [0.2, 0.25) is 0 Å². The topological polar surface area (TPSA) is 48.8 Å². The summed E-state index contributed by atoms with van der Waals surface area (Å²) in [4.78, 5) is 9.49. The van der Waals surface area contributed by atoms with Crippen LogP contribution >= 0.6 is 0 Å². The molecule has 10 rings (SSSR count). The minimum absolute atomic E-state index is 0.686. The van der Waals surface area contributed by atoms with Crippen molar-refractivity contribution < 1.29 is 4.42 Å². The Kier molecular flexibility index (Phi) is 4.93. The van der Waals surface area contributed by atoms with Crippen LogP contribution in [0.5, 0.6) is 0 Å². The zero-order valence-corrected chi connectivity index (χ0v) is 24.1. The van der Waals surface area contributed by atoms with Gasteiger partial charge in [-0.1, -0.05) is 84.9 Å². The summed E-state index contributed by atoms with van der Waals surface area (Å²) in [5.41, 5.74) is 10.8. The summed E-state index contributed by atoms with van der Waals surface area (Å²) in [6, 6.07) is 49.1. The van der Waals surface area contributed by atoms with E-state index in [2.05, 4.69) is 143 Å². The molecule has 0 radical (unpaired) electrons. The van der Waals surface area contributed by atoms with E-state index in [9.17, 15) is 0 Å². The number of nitrogens with zero attached hydrogens (tertiary/aromatic N) is 4. The van der Waals surface area contributed by atoms with Crippen molar-refractivity contribution in [2.24, 2.45) is 0 Å². The molecule has 0 atom stereocenters. The van der Waals surface area contributed by atoms with Crippen molar-refractivity contribution in [2.45, 2.75) is 0 Å². The van der Waals surface area contributed by atoms with Gasteiger partial charge < -0.3 is 13.6 Å². The molecule has 0 N–H and O–H groups in total. The fraction of sp³-hybridized carbons (Fsp3) is 0. The number of para-hydroxylation sites is 4. The van der Waals surface area contributed by atoms with Gasteiger partial charge in [0.1, 0.15) is 23.1 Å². The highest BCUT2D eigenvalue weighted by molar-refractivity contribution is 6.11. The third-order valence-electron chi connectivity index (χ3n) is 9.03. The Bertz CT molecular complexity index is 2670. The molecular formula is C40H24N4O.